The van der Waals surface area contributed by atoms with Gasteiger partial charge in [-0.3, -0.25) is 9.78 Å². The predicted molar refractivity (Wildman–Crippen MR) is 101 cm³/mol. The molecule has 144 valence electrons. The average molecular weight is 361 g/mol. The molecule has 0 radical (unpaired) electrons. The molecule has 6 nitrogen and oxygen atoms in total. The van der Waals surface area contributed by atoms with Crippen molar-refractivity contribution in [3.63, 3.8) is 0 Å². The molecule has 2 heterocycles. The number of esters is 1. The van der Waals surface area contributed by atoms with E-state index in [0.717, 1.165) is 51.4 Å². The minimum absolute atomic E-state index is 0.0770. The monoisotopic (exact) mass is 361 g/mol. The van der Waals surface area contributed by atoms with E-state index in [1.165, 1.54) is 5.56 Å². The summed E-state index contributed by atoms with van der Waals surface area (Å²) in [6, 6.07) is 4.40. The Hall–Kier alpha value is -2.11. The van der Waals surface area contributed by atoms with Crippen molar-refractivity contribution in [1.29, 1.82) is 0 Å². The second-order valence-corrected chi connectivity index (χ2v) is 7.00. The van der Waals surface area contributed by atoms with Crippen molar-refractivity contribution in [2.24, 2.45) is 0 Å². The highest BCUT2D eigenvalue weighted by atomic mass is 16.5. The van der Waals surface area contributed by atoms with Crippen LogP contribution in [0.2, 0.25) is 0 Å². The third-order valence-corrected chi connectivity index (χ3v) is 4.80. The van der Waals surface area contributed by atoms with E-state index >= 15 is 0 Å². The Kier molecular flexibility index (Phi) is 8.93. The van der Waals surface area contributed by atoms with E-state index in [9.17, 15) is 9.59 Å². The van der Waals surface area contributed by atoms with Gasteiger partial charge < -0.3 is 15.4 Å². The number of carbonyl (C=O) groups is 2. The molecule has 26 heavy (non-hydrogen) atoms. The van der Waals surface area contributed by atoms with Crippen molar-refractivity contribution >= 4 is 12.0 Å². The number of aromatic nitrogens is 1. The van der Waals surface area contributed by atoms with Crippen LogP contribution in [-0.4, -0.2) is 35.7 Å². The van der Waals surface area contributed by atoms with E-state index in [4.69, 9.17) is 4.74 Å². The maximum absolute atomic E-state index is 11.7. The molecular weight excluding hydrogens is 330 g/mol. The molecule has 6 heteroatoms. The number of amides is 2. The number of urea groups is 1. The van der Waals surface area contributed by atoms with Crippen LogP contribution in [-0.2, 0) is 16.0 Å². The van der Waals surface area contributed by atoms with E-state index in [2.05, 4.69) is 15.6 Å². The van der Waals surface area contributed by atoms with Crippen molar-refractivity contribution in [3.8, 4) is 0 Å². The molecule has 1 aromatic rings. The number of nitrogens with zero attached hydrogens (tertiary/aromatic N) is 1. The molecule has 1 saturated heterocycles. The largest absolute Gasteiger partial charge is 0.466 e. The van der Waals surface area contributed by atoms with Gasteiger partial charge in [-0.2, -0.15) is 0 Å². The molecule has 1 aliphatic rings. The highest BCUT2D eigenvalue weighted by molar-refractivity contribution is 5.77. The minimum atomic E-state index is -0.0941. The molecular formula is C20H31N3O3. The Labute approximate surface area is 156 Å². The summed E-state index contributed by atoms with van der Waals surface area (Å²) < 4.78 is 5.29. The van der Waals surface area contributed by atoms with Gasteiger partial charge in [0, 0.05) is 24.9 Å². The zero-order valence-electron chi connectivity index (χ0n) is 15.7. The number of rotatable bonds is 12. The lowest BCUT2D eigenvalue weighted by Gasteiger charge is -2.13. The first-order valence-corrected chi connectivity index (χ1v) is 9.76. The van der Waals surface area contributed by atoms with Gasteiger partial charge in [-0.25, -0.2) is 4.79 Å². The Morgan fingerprint density at radius 1 is 1.08 bits per heavy atom. The van der Waals surface area contributed by atoms with Gasteiger partial charge in [0.2, 0.25) is 0 Å². The summed E-state index contributed by atoms with van der Waals surface area (Å²) in [7, 11) is 0. The summed E-state index contributed by atoms with van der Waals surface area (Å²) in [5.41, 5.74) is 1.30. The first-order chi connectivity index (χ1) is 12.6. The van der Waals surface area contributed by atoms with Crippen LogP contribution in [0.25, 0.3) is 0 Å². The fraction of sp³-hybridized carbons (Fsp3) is 0.650. The molecule has 2 atom stereocenters. The molecule has 0 aromatic carbocycles. The van der Waals surface area contributed by atoms with Crippen LogP contribution in [0.15, 0.2) is 24.5 Å². The van der Waals surface area contributed by atoms with Crippen molar-refractivity contribution in [2.45, 2.75) is 76.8 Å². The van der Waals surface area contributed by atoms with Crippen molar-refractivity contribution < 1.29 is 14.3 Å². The summed E-state index contributed by atoms with van der Waals surface area (Å²) in [6.45, 7) is 2.53. The van der Waals surface area contributed by atoms with Crippen LogP contribution in [0.1, 0.15) is 63.9 Å². The third-order valence-electron chi connectivity index (χ3n) is 4.80. The van der Waals surface area contributed by atoms with Gasteiger partial charge in [-0.05, 0) is 63.1 Å². The van der Waals surface area contributed by atoms with E-state index < -0.39 is 0 Å². The van der Waals surface area contributed by atoms with Gasteiger partial charge in [0.15, 0.2) is 0 Å². The number of pyridine rings is 1. The molecule has 2 N–H and O–H groups in total. The highest BCUT2D eigenvalue weighted by Gasteiger charge is 2.26. The van der Waals surface area contributed by atoms with Gasteiger partial charge in [-0.15, -0.1) is 0 Å². The molecule has 0 aliphatic carbocycles. The topological polar surface area (TPSA) is 80.3 Å². The Morgan fingerprint density at radius 2 is 1.85 bits per heavy atom. The van der Waals surface area contributed by atoms with Crippen LogP contribution < -0.4 is 10.6 Å². The molecule has 1 aliphatic heterocycles. The fourth-order valence-corrected chi connectivity index (χ4v) is 3.19. The molecule has 0 spiro atoms. The Bertz CT molecular complexity index is 550. The van der Waals surface area contributed by atoms with Gasteiger partial charge in [-0.1, -0.05) is 12.8 Å². The molecule has 2 unspecified atom stereocenters. The van der Waals surface area contributed by atoms with Gasteiger partial charge in [0.05, 0.1) is 12.6 Å². The summed E-state index contributed by atoms with van der Waals surface area (Å²) in [5.74, 6) is -0.0941. The summed E-state index contributed by atoms with van der Waals surface area (Å²) in [6.07, 6.45) is 12.1. The Balaban J connectivity index is 1.39. The first-order valence-electron chi connectivity index (χ1n) is 9.76. The lowest BCUT2D eigenvalue weighted by Crippen LogP contribution is -2.30. The lowest BCUT2D eigenvalue weighted by atomic mass is 10.0. The number of hydrogen-bond acceptors (Lipinski definition) is 4. The van der Waals surface area contributed by atoms with Gasteiger partial charge in [0.1, 0.15) is 0 Å². The first kappa shape index (κ1) is 20.2. The number of hydrogen-bond donors (Lipinski definition) is 2. The average Bonchev–Trinajstić information content (AvgIpc) is 2.96. The molecule has 1 fully saturated rings. The number of aryl methyl sites for hydroxylation is 1. The number of nitrogens with one attached hydrogen (secondary N) is 2. The van der Waals surface area contributed by atoms with Gasteiger partial charge >= 0.3 is 12.0 Å². The molecule has 1 aromatic heterocycles. The molecule has 0 bridgehead atoms. The number of unbranched alkanes of at least 4 members (excludes halogenated alkanes) is 4. The zero-order chi connectivity index (χ0) is 18.6. The smallest absolute Gasteiger partial charge is 0.315 e. The Morgan fingerprint density at radius 3 is 2.58 bits per heavy atom. The van der Waals surface area contributed by atoms with Crippen LogP contribution >= 0.6 is 0 Å². The number of ether oxygens (including phenoxy) is 1. The van der Waals surface area contributed by atoms with Crippen LogP contribution in [0.4, 0.5) is 4.79 Å². The van der Waals surface area contributed by atoms with Crippen LogP contribution in [0, 0.1) is 0 Å². The quantitative estimate of drug-likeness (QED) is 0.442. The summed E-state index contributed by atoms with van der Waals surface area (Å²) >= 11 is 0. The van der Waals surface area contributed by atoms with Crippen LogP contribution in [0.5, 0.6) is 0 Å². The second-order valence-electron chi connectivity index (χ2n) is 7.00. The van der Waals surface area contributed by atoms with E-state index in [1.54, 1.807) is 0 Å². The van der Waals surface area contributed by atoms with Gasteiger partial charge in [0.25, 0.3) is 0 Å². The third kappa shape index (κ3) is 7.85. The van der Waals surface area contributed by atoms with Crippen molar-refractivity contribution in [2.75, 3.05) is 6.61 Å². The fourth-order valence-electron chi connectivity index (χ4n) is 3.19. The second kappa shape index (κ2) is 11.5. The molecule has 0 saturated carbocycles. The molecule has 2 rings (SSSR count). The standard InChI is InChI=1S/C20H31N3O3/c1-16-18(23-20(25)22-16)9-5-2-6-10-19(24)26-15-7-3-4-8-17-11-13-21-14-12-17/h11-14,16,18H,2-10,15H2,1H3,(H2,22,23,25). The van der Waals surface area contributed by atoms with E-state index in [1.807, 2.05) is 31.5 Å². The lowest BCUT2D eigenvalue weighted by molar-refractivity contribution is -0.143. The van der Waals surface area contributed by atoms with E-state index in [0.29, 0.717) is 13.0 Å². The minimum Gasteiger partial charge on any atom is -0.466 e. The van der Waals surface area contributed by atoms with Crippen molar-refractivity contribution in [3.05, 3.63) is 30.1 Å². The zero-order valence-corrected chi connectivity index (χ0v) is 15.7. The normalized spacial score (nSPS) is 19.0. The number of carbonyl (C=O) groups excluding carboxylic acids is 2. The summed E-state index contributed by atoms with van der Waals surface area (Å²) in [5, 5.41) is 5.76. The summed E-state index contributed by atoms with van der Waals surface area (Å²) in [4.78, 5) is 26.9. The highest BCUT2D eigenvalue weighted by Crippen LogP contribution is 2.12. The SMILES string of the molecule is CC1NC(=O)NC1CCCCCC(=O)OCCCCCc1ccncc1. The van der Waals surface area contributed by atoms with E-state index in [-0.39, 0.29) is 24.1 Å². The maximum Gasteiger partial charge on any atom is 0.315 e. The molecule has 2 amide bonds. The van der Waals surface area contributed by atoms with Crippen LogP contribution in [0.3, 0.4) is 0 Å². The maximum atomic E-state index is 11.7. The van der Waals surface area contributed by atoms with Crippen molar-refractivity contribution in [1.82, 2.24) is 15.6 Å². The predicted octanol–water partition coefficient (Wildman–Crippen LogP) is 3.36.